The van der Waals surface area contributed by atoms with Gasteiger partial charge in [0.1, 0.15) is 5.82 Å². The van der Waals surface area contributed by atoms with Gasteiger partial charge in [-0.25, -0.2) is 9.78 Å². The topological polar surface area (TPSA) is 116 Å². The quantitative estimate of drug-likeness (QED) is 0.174. The summed E-state index contributed by atoms with van der Waals surface area (Å²) in [6.07, 6.45) is 0.446. The van der Waals surface area contributed by atoms with E-state index < -0.39 is 12.1 Å². The Morgan fingerprint density at radius 2 is 1.67 bits per heavy atom. The van der Waals surface area contributed by atoms with Crippen molar-refractivity contribution in [3.63, 3.8) is 0 Å². The number of aryl methyl sites for hydroxylation is 2. The van der Waals surface area contributed by atoms with Crippen LogP contribution in [0.2, 0.25) is 0 Å². The SMILES string of the molecule is Cc1nc2cc(C(NC(=O)O)C(CCc3ccc(CN)cc3)Nc3ccccc3)ccc2[nH]1.Cl.Cl.Cl. The van der Waals surface area contributed by atoms with Gasteiger partial charge in [0.2, 0.25) is 0 Å². The van der Waals surface area contributed by atoms with Crippen molar-refractivity contribution in [1.82, 2.24) is 15.3 Å². The van der Waals surface area contributed by atoms with E-state index in [4.69, 9.17) is 5.73 Å². The molecule has 0 saturated heterocycles. The summed E-state index contributed by atoms with van der Waals surface area (Å²) in [4.78, 5) is 19.5. The van der Waals surface area contributed by atoms with Crippen molar-refractivity contribution in [2.75, 3.05) is 5.32 Å². The Labute approximate surface area is 229 Å². The number of imidazole rings is 1. The third-order valence-corrected chi connectivity index (χ3v) is 5.79. The molecule has 0 radical (unpaired) electrons. The van der Waals surface area contributed by atoms with Gasteiger partial charge in [-0.05, 0) is 60.7 Å². The molecule has 4 aromatic rings. The number of nitrogens with one attached hydrogen (secondary N) is 3. The highest BCUT2D eigenvalue weighted by atomic mass is 35.5. The van der Waals surface area contributed by atoms with Crippen LogP contribution in [0.15, 0.2) is 72.8 Å². The van der Waals surface area contributed by atoms with Gasteiger partial charge in [0, 0.05) is 12.2 Å². The molecule has 36 heavy (non-hydrogen) atoms. The molecular weight excluding hydrogens is 521 g/mol. The lowest BCUT2D eigenvalue weighted by atomic mass is 9.93. The maximum absolute atomic E-state index is 11.8. The lowest BCUT2D eigenvalue weighted by Crippen LogP contribution is -2.40. The first-order valence-corrected chi connectivity index (χ1v) is 11.1. The van der Waals surface area contributed by atoms with Gasteiger partial charge in [-0.3, -0.25) is 0 Å². The van der Waals surface area contributed by atoms with E-state index in [1.807, 2.05) is 67.6 Å². The van der Waals surface area contributed by atoms with Gasteiger partial charge in [0.15, 0.2) is 0 Å². The minimum Gasteiger partial charge on any atom is -0.465 e. The monoisotopic (exact) mass is 551 g/mol. The molecule has 0 bridgehead atoms. The highest BCUT2D eigenvalue weighted by molar-refractivity contribution is 5.86. The van der Waals surface area contributed by atoms with Crippen LogP contribution in [-0.2, 0) is 13.0 Å². The van der Waals surface area contributed by atoms with E-state index >= 15 is 0 Å². The molecule has 7 nitrogen and oxygen atoms in total. The Kier molecular flexibility index (Phi) is 12.6. The van der Waals surface area contributed by atoms with Crippen LogP contribution >= 0.6 is 37.2 Å². The summed E-state index contributed by atoms with van der Waals surface area (Å²) in [5.41, 5.74) is 11.5. The number of benzene rings is 3. The van der Waals surface area contributed by atoms with E-state index in [0.717, 1.165) is 46.5 Å². The van der Waals surface area contributed by atoms with E-state index in [2.05, 4.69) is 32.7 Å². The average molecular weight is 553 g/mol. The molecule has 1 amide bonds. The summed E-state index contributed by atoms with van der Waals surface area (Å²) in [6, 6.07) is 23.3. The first-order chi connectivity index (χ1) is 16.0. The zero-order valence-corrected chi connectivity index (χ0v) is 22.3. The number of H-pyrrole nitrogens is 1. The summed E-state index contributed by atoms with van der Waals surface area (Å²) < 4.78 is 0. The minimum absolute atomic E-state index is 0. The molecule has 1 aromatic heterocycles. The van der Waals surface area contributed by atoms with E-state index in [1.54, 1.807) is 0 Å². The van der Waals surface area contributed by atoms with Crippen LogP contribution in [-0.4, -0.2) is 27.2 Å². The fourth-order valence-corrected chi connectivity index (χ4v) is 4.13. The number of halogens is 3. The van der Waals surface area contributed by atoms with Crippen LogP contribution in [0.25, 0.3) is 11.0 Å². The largest absolute Gasteiger partial charge is 0.465 e. The van der Waals surface area contributed by atoms with E-state index in [0.29, 0.717) is 6.54 Å². The summed E-state index contributed by atoms with van der Waals surface area (Å²) in [5, 5.41) is 15.9. The van der Waals surface area contributed by atoms with Gasteiger partial charge < -0.3 is 26.5 Å². The highest BCUT2D eigenvalue weighted by Crippen LogP contribution is 2.27. The maximum atomic E-state index is 11.8. The number of aromatic nitrogens is 2. The molecule has 0 aliphatic rings. The molecule has 2 atom stereocenters. The third kappa shape index (κ3) is 8.03. The fourth-order valence-electron chi connectivity index (χ4n) is 4.13. The molecule has 1 heterocycles. The van der Waals surface area contributed by atoms with Gasteiger partial charge in [0.25, 0.3) is 0 Å². The Morgan fingerprint density at radius 1 is 1.00 bits per heavy atom. The molecule has 0 fully saturated rings. The number of hydrogen-bond acceptors (Lipinski definition) is 4. The molecule has 0 saturated carbocycles. The number of amides is 1. The summed E-state index contributed by atoms with van der Waals surface area (Å²) >= 11 is 0. The number of nitrogens with two attached hydrogens (primary N) is 1. The lowest BCUT2D eigenvalue weighted by molar-refractivity contribution is 0.188. The molecule has 4 rings (SSSR count). The van der Waals surface area contributed by atoms with Crippen molar-refractivity contribution >= 4 is 60.0 Å². The summed E-state index contributed by atoms with van der Waals surface area (Å²) in [5.74, 6) is 0.824. The number of para-hydroxylation sites is 1. The number of hydrogen-bond donors (Lipinski definition) is 5. The Bertz CT molecular complexity index is 1220. The lowest BCUT2D eigenvalue weighted by Gasteiger charge is -2.29. The standard InChI is InChI=1S/C26H29N5O2.3ClH/c1-17-28-22-14-12-20(15-24(22)29-17)25(31-26(32)33)23(30-21-5-3-2-4-6-21)13-11-18-7-9-19(16-27)10-8-18;;;/h2-10,12,14-15,23,25,30-31H,11,13,16,27H2,1H3,(H,28,29)(H,32,33);3*1H. The van der Waals surface area contributed by atoms with E-state index in [-0.39, 0.29) is 43.3 Å². The fraction of sp³-hybridized carbons (Fsp3) is 0.231. The van der Waals surface area contributed by atoms with Crippen LogP contribution in [0, 0.1) is 6.92 Å². The first kappa shape index (κ1) is 31.1. The molecule has 10 heteroatoms. The molecular formula is C26H32Cl3N5O2. The number of fused-ring (bicyclic) bond motifs is 1. The van der Waals surface area contributed by atoms with E-state index in [1.165, 1.54) is 5.56 Å². The van der Waals surface area contributed by atoms with Crippen molar-refractivity contribution < 1.29 is 9.90 Å². The van der Waals surface area contributed by atoms with Gasteiger partial charge >= 0.3 is 6.09 Å². The van der Waals surface area contributed by atoms with Crippen molar-refractivity contribution in [1.29, 1.82) is 0 Å². The third-order valence-electron chi connectivity index (χ3n) is 5.79. The highest BCUT2D eigenvalue weighted by Gasteiger charge is 2.26. The number of aromatic amines is 1. The molecule has 6 N–H and O–H groups in total. The van der Waals surface area contributed by atoms with Crippen LogP contribution < -0.4 is 16.4 Å². The van der Waals surface area contributed by atoms with Crippen molar-refractivity contribution in [3.05, 3.63) is 95.3 Å². The van der Waals surface area contributed by atoms with E-state index in [9.17, 15) is 9.90 Å². The van der Waals surface area contributed by atoms with Crippen LogP contribution in [0.1, 0.15) is 35.0 Å². The second kappa shape index (κ2) is 14.6. The van der Waals surface area contributed by atoms with Crippen molar-refractivity contribution in [3.8, 4) is 0 Å². The van der Waals surface area contributed by atoms with Crippen molar-refractivity contribution in [2.24, 2.45) is 5.73 Å². The molecule has 0 spiro atoms. The van der Waals surface area contributed by atoms with Crippen LogP contribution in [0.3, 0.4) is 0 Å². The van der Waals surface area contributed by atoms with Gasteiger partial charge in [-0.2, -0.15) is 0 Å². The maximum Gasteiger partial charge on any atom is 0.405 e. The molecule has 194 valence electrons. The Morgan fingerprint density at radius 3 is 2.31 bits per heavy atom. The van der Waals surface area contributed by atoms with Gasteiger partial charge in [-0.1, -0.05) is 48.5 Å². The molecule has 2 unspecified atom stereocenters. The Hall–Kier alpha value is -2.97. The van der Waals surface area contributed by atoms with Gasteiger partial charge in [-0.15, -0.1) is 37.2 Å². The smallest absolute Gasteiger partial charge is 0.405 e. The van der Waals surface area contributed by atoms with Crippen molar-refractivity contribution in [2.45, 2.75) is 38.4 Å². The summed E-state index contributed by atoms with van der Waals surface area (Å²) in [7, 11) is 0. The normalized spacial score (nSPS) is 11.8. The minimum atomic E-state index is -1.06. The second-order valence-electron chi connectivity index (χ2n) is 8.20. The molecule has 3 aromatic carbocycles. The zero-order chi connectivity index (χ0) is 23.2. The second-order valence-corrected chi connectivity index (χ2v) is 8.20. The number of carboxylic acid groups (broad SMARTS) is 1. The predicted molar refractivity (Wildman–Crippen MR) is 153 cm³/mol. The average Bonchev–Trinajstić information content (AvgIpc) is 3.20. The Balaban J connectivity index is 0.00000216. The number of anilines is 1. The zero-order valence-electron chi connectivity index (χ0n) is 19.8. The van der Waals surface area contributed by atoms with Crippen LogP contribution in [0.4, 0.5) is 10.5 Å². The number of nitrogens with zero attached hydrogens (tertiary/aromatic N) is 1. The number of carbonyl (C=O) groups is 1. The van der Waals surface area contributed by atoms with Crippen LogP contribution in [0.5, 0.6) is 0 Å². The predicted octanol–water partition coefficient (Wildman–Crippen LogP) is 6.02. The van der Waals surface area contributed by atoms with Gasteiger partial charge in [0.05, 0.1) is 23.1 Å². The first-order valence-electron chi connectivity index (χ1n) is 11.1. The molecule has 0 aliphatic heterocycles. The number of rotatable bonds is 9. The summed E-state index contributed by atoms with van der Waals surface area (Å²) in [6.45, 7) is 2.42. The molecule has 0 aliphatic carbocycles.